The molecule has 3 heteroatoms. The van der Waals surface area contributed by atoms with Crippen LogP contribution in [0.4, 0.5) is 0 Å². The third-order valence-electron chi connectivity index (χ3n) is 4.54. The maximum atomic E-state index is 3.75. The smallest absolute Gasteiger partial charge is 0.0166 e. The predicted octanol–water partition coefficient (Wildman–Crippen LogP) is 2.14. The van der Waals surface area contributed by atoms with Gasteiger partial charge in [-0.3, -0.25) is 4.90 Å². The molecule has 1 unspecified atom stereocenters. The molecule has 1 fully saturated rings. The van der Waals surface area contributed by atoms with Gasteiger partial charge >= 0.3 is 0 Å². The van der Waals surface area contributed by atoms with E-state index in [0.717, 1.165) is 24.3 Å². The summed E-state index contributed by atoms with van der Waals surface area (Å²) in [5, 5.41) is 3.75. The summed E-state index contributed by atoms with van der Waals surface area (Å²) in [6, 6.07) is 0.600. The van der Waals surface area contributed by atoms with E-state index < -0.39 is 0 Å². The molecular weight excluding hydrogens is 234 g/mol. The van der Waals surface area contributed by atoms with E-state index in [-0.39, 0.29) is 0 Å². The van der Waals surface area contributed by atoms with Crippen molar-refractivity contribution in [1.82, 2.24) is 15.1 Å². The van der Waals surface area contributed by atoms with Gasteiger partial charge in [0.1, 0.15) is 0 Å². The highest BCUT2D eigenvalue weighted by Gasteiger charge is 2.19. The van der Waals surface area contributed by atoms with E-state index in [4.69, 9.17) is 0 Å². The molecule has 19 heavy (non-hydrogen) atoms. The summed E-state index contributed by atoms with van der Waals surface area (Å²) in [6.45, 7) is 18.9. The quantitative estimate of drug-likeness (QED) is 0.764. The second kappa shape index (κ2) is 8.23. The first kappa shape index (κ1) is 16.9. The normalized spacial score (nSPS) is 20.7. The molecule has 1 N–H and O–H groups in total. The Morgan fingerprint density at radius 2 is 1.42 bits per heavy atom. The van der Waals surface area contributed by atoms with Crippen molar-refractivity contribution < 1.29 is 0 Å². The number of likely N-dealkylation sites (N-methyl/N-ethyl adjacent to an activating group) is 1. The van der Waals surface area contributed by atoms with Gasteiger partial charge in [-0.1, -0.05) is 27.7 Å². The van der Waals surface area contributed by atoms with Crippen molar-refractivity contribution in [2.24, 2.45) is 17.8 Å². The maximum absolute atomic E-state index is 3.75. The van der Waals surface area contributed by atoms with Gasteiger partial charge in [0.15, 0.2) is 0 Å². The van der Waals surface area contributed by atoms with Crippen molar-refractivity contribution in [3.63, 3.8) is 0 Å². The molecule has 3 nitrogen and oxygen atoms in total. The van der Waals surface area contributed by atoms with Gasteiger partial charge in [0, 0.05) is 38.8 Å². The summed E-state index contributed by atoms with van der Waals surface area (Å²) < 4.78 is 0. The molecule has 1 rings (SSSR count). The van der Waals surface area contributed by atoms with E-state index in [0.29, 0.717) is 6.04 Å². The van der Waals surface area contributed by atoms with Gasteiger partial charge in [-0.05, 0) is 38.3 Å². The molecule has 0 aromatic rings. The van der Waals surface area contributed by atoms with E-state index in [1.54, 1.807) is 0 Å². The third-order valence-corrected chi connectivity index (χ3v) is 4.54. The SMILES string of the molecule is CC(CN1CCN(C)CC1)NCC(C(C)C)C(C)C. The minimum absolute atomic E-state index is 0.600. The summed E-state index contributed by atoms with van der Waals surface area (Å²) in [5.74, 6) is 2.32. The Balaban J connectivity index is 2.25. The van der Waals surface area contributed by atoms with Gasteiger partial charge in [0.25, 0.3) is 0 Å². The van der Waals surface area contributed by atoms with Crippen LogP contribution >= 0.6 is 0 Å². The lowest BCUT2D eigenvalue weighted by Gasteiger charge is -2.35. The average molecular weight is 269 g/mol. The lowest BCUT2D eigenvalue weighted by atomic mass is 9.85. The number of piperazine rings is 1. The summed E-state index contributed by atoms with van der Waals surface area (Å²) >= 11 is 0. The summed E-state index contributed by atoms with van der Waals surface area (Å²) in [5.41, 5.74) is 0. The van der Waals surface area contributed by atoms with E-state index in [1.807, 2.05) is 0 Å². The van der Waals surface area contributed by atoms with Gasteiger partial charge in [-0.15, -0.1) is 0 Å². The van der Waals surface area contributed by atoms with E-state index >= 15 is 0 Å². The molecule has 1 aliphatic rings. The van der Waals surface area contributed by atoms with Crippen molar-refractivity contribution in [3.05, 3.63) is 0 Å². The highest BCUT2D eigenvalue weighted by Crippen LogP contribution is 2.19. The highest BCUT2D eigenvalue weighted by molar-refractivity contribution is 4.76. The Labute approximate surface area is 120 Å². The molecule has 0 saturated carbocycles. The first-order chi connectivity index (χ1) is 8.90. The van der Waals surface area contributed by atoms with Crippen LogP contribution in [-0.4, -0.2) is 62.2 Å². The van der Waals surface area contributed by atoms with Crippen molar-refractivity contribution in [3.8, 4) is 0 Å². The van der Waals surface area contributed by atoms with Crippen LogP contribution in [-0.2, 0) is 0 Å². The molecule has 0 aromatic heterocycles. The zero-order chi connectivity index (χ0) is 14.4. The van der Waals surface area contributed by atoms with Crippen molar-refractivity contribution in [1.29, 1.82) is 0 Å². The highest BCUT2D eigenvalue weighted by atomic mass is 15.3. The van der Waals surface area contributed by atoms with E-state index in [2.05, 4.69) is 56.8 Å². The second-order valence-electron chi connectivity index (χ2n) is 7.07. The molecule has 0 radical (unpaired) electrons. The van der Waals surface area contributed by atoms with Crippen LogP contribution in [0.2, 0.25) is 0 Å². The van der Waals surface area contributed by atoms with Crippen molar-refractivity contribution in [2.75, 3.05) is 46.3 Å². The fourth-order valence-corrected chi connectivity index (χ4v) is 3.06. The van der Waals surface area contributed by atoms with Crippen LogP contribution in [0.1, 0.15) is 34.6 Å². The molecule has 1 atom stereocenters. The molecule has 1 saturated heterocycles. The number of nitrogens with zero attached hydrogens (tertiary/aromatic N) is 2. The van der Waals surface area contributed by atoms with Crippen LogP contribution in [0.15, 0.2) is 0 Å². The first-order valence-corrected chi connectivity index (χ1v) is 8.04. The average Bonchev–Trinajstić information content (AvgIpc) is 2.31. The summed E-state index contributed by atoms with van der Waals surface area (Å²) in [4.78, 5) is 5.01. The molecule has 0 aliphatic carbocycles. The lowest BCUT2D eigenvalue weighted by molar-refractivity contribution is 0.141. The number of hydrogen-bond acceptors (Lipinski definition) is 3. The number of rotatable bonds is 7. The van der Waals surface area contributed by atoms with Crippen LogP contribution in [0.25, 0.3) is 0 Å². The Morgan fingerprint density at radius 3 is 1.89 bits per heavy atom. The minimum atomic E-state index is 0.600. The fraction of sp³-hybridized carbons (Fsp3) is 1.00. The van der Waals surface area contributed by atoms with Crippen LogP contribution in [0, 0.1) is 17.8 Å². The zero-order valence-corrected chi connectivity index (χ0v) is 13.9. The van der Waals surface area contributed by atoms with Gasteiger partial charge in [0.05, 0.1) is 0 Å². The van der Waals surface area contributed by atoms with Crippen LogP contribution in [0.3, 0.4) is 0 Å². The van der Waals surface area contributed by atoms with E-state index in [1.165, 1.54) is 32.7 Å². The number of nitrogens with one attached hydrogen (secondary N) is 1. The lowest BCUT2D eigenvalue weighted by Crippen LogP contribution is -2.49. The fourth-order valence-electron chi connectivity index (χ4n) is 3.06. The summed E-state index contributed by atoms with van der Waals surface area (Å²) in [6.07, 6.45) is 0. The molecule has 0 aromatic carbocycles. The third kappa shape index (κ3) is 6.24. The zero-order valence-electron chi connectivity index (χ0n) is 13.9. The van der Waals surface area contributed by atoms with E-state index in [9.17, 15) is 0 Å². The predicted molar refractivity (Wildman–Crippen MR) is 84.6 cm³/mol. The van der Waals surface area contributed by atoms with Crippen LogP contribution in [0.5, 0.6) is 0 Å². The second-order valence-corrected chi connectivity index (χ2v) is 7.07. The van der Waals surface area contributed by atoms with Gasteiger partial charge in [-0.25, -0.2) is 0 Å². The Hall–Kier alpha value is -0.120. The Bertz CT molecular complexity index is 224. The van der Waals surface area contributed by atoms with Gasteiger partial charge in [-0.2, -0.15) is 0 Å². The molecule has 1 aliphatic heterocycles. The molecule has 1 heterocycles. The molecular formula is C16H35N3. The van der Waals surface area contributed by atoms with Gasteiger partial charge in [0.2, 0.25) is 0 Å². The standard InChI is InChI=1S/C16H35N3/c1-13(2)16(14(3)4)11-17-15(5)12-19-9-7-18(6)8-10-19/h13-17H,7-12H2,1-6H3. The van der Waals surface area contributed by atoms with Crippen LogP contribution < -0.4 is 5.32 Å². The summed E-state index contributed by atoms with van der Waals surface area (Å²) in [7, 11) is 2.22. The largest absolute Gasteiger partial charge is 0.313 e. The Morgan fingerprint density at radius 1 is 0.895 bits per heavy atom. The maximum Gasteiger partial charge on any atom is 0.0166 e. The van der Waals surface area contributed by atoms with Crippen molar-refractivity contribution >= 4 is 0 Å². The molecule has 0 amide bonds. The molecule has 114 valence electrons. The minimum Gasteiger partial charge on any atom is -0.313 e. The first-order valence-electron chi connectivity index (χ1n) is 8.04. The topological polar surface area (TPSA) is 18.5 Å². The molecule has 0 spiro atoms. The molecule has 0 bridgehead atoms. The monoisotopic (exact) mass is 269 g/mol. The van der Waals surface area contributed by atoms with Crippen molar-refractivity contribution in [2.45, 2.75) is 40.7 Å². The van der Waals surface area contributed by atoms with Gasteiger partial charge < -0.3 is 10.2 Å². The Kier molecular flexibility index (Phi) is 7.33. The number of hydrogen-bond donors (Lipinski definition) is 1.